The number of rotatable bonds is 5. The number of hydrogen-bond acceptors (Lipinski definition) is 6. The van der Waals surface area contributed by atoms with Gasteiger partial charge in [-0.2, -0.15) is 0 Å². The van der Waals surface area contributed by atoms with Gasteiger partial charge in [-0.3, -0.25) is 10.1 Å². The van der Waals surface area contributed by atoms with E-state index in [1.165, 1.54) is 17.4 Å². The summed E-state index contributed by atoms with van der Waals surface area (Å²) in [5.74, 6) is 0.771. The van der Waals surface area contributed by atoms with E-state index in [2.05, 4.69) is 15.6 Å². The molecule has 0 aliphatic rings. The first-order valence-electron chi connectivity index (χ1n) is 9.21. The molecule has 10 heteroatoms. The van der Waals surface area contributed by atoms with Gasteiger partial charge in [0, 0.05) is 16.5 Å². The second kappa shape index (κ2) is 9.70. The Kier molecular flexibility index (Phi) is 6.76. The van der Waals surface area contributed by atoms with Gasteiger partial charge in [-0.25, -0.2) is 4.98 Å². The predicted octanol–water partition coefficient (Wildman–Crippen LogP) is 6.51. The van der Waals surface area contributed by atoms with E-state index >= 15 is 0 Å². The van der Waals surface area contributed by atoms with Gasteiger partial charge in [0.15, 0.2) is 16.0 Å². The van der Waals surface area contributed by atoms with Crippen LogP contribution in [0.25, 0.3) is 22.6 Å². The molecule has 2 aromatic carbocycles. The third-order valence-corrected chi connectivity index (χ3v) is 6.17. The average Bonchev–Trinajstić information content (AvgIpc) is 3.46. The maximum atomic E-state index is 12.5. The van der Waals surface area contributed by atoms with Gasteiger partial charge in [0.1, 0.15) is 11.5 Å². The number of halogens is 2. The second-order valence-corrected chi connectivity index (χ2v) is 8.49. The normalized spacial score (nSPS) is 10.6. The summed E-state index contributed by atoms with van der Waals surface area (Å²) in [6.45, 7) is 0. The van der Waals surface area contributed by atoms with Crippen molar-refractivity contribution in [1.82, 2.24) is 10.3 Å². The quantitative estimate of drug-likeness (QED) is 0.302. The van der Waals surface area contributed by atoms with Crippen molar-refractivity contribution in [3.63, 3.8) is 0 Å². The Bertz CT molecular complexity index is 1290. The zero-order chi connectivity index (χ0) is 22.7. The van der Waals surface area contributed by atoms with Crippen LogP contribution >= 0.6 is 46.8 Å². The molecule has 2 N–H and O–H groups in total. The number of methoxy groups -OCH3 is 1. The average molecular weight is 504 g/mol. The number of thiocarbonyl (C=S) groups is 1. The molecular formula is C22H15Cl2N3O3S2. The van der Waals surface area contributed by atoms with Gasteiger partial charge < -0.3 is 14.5 Å². The summed E-state index contributed by atoms with van der Waals surface area (Å²) in [6.07, 6.45) is 0. The standard InChI is InChI=1S/C22H15Cl2N3O3S2/c1-29-13-7-5-12(6-8-13)16-11-32-22(25-16)27-21(31)26-20(28)18-10-9-17(30-18)14-3-2-4-15(23)19(14)24/h2-11H,1H3,(H2,25,26,27,28,31). The molecule has 2 aromatic heterocycles. The third-order valence-electron chi connectivity index (χ3n) is 4.38. The van der Waals surface area contributed by atoms with Gasteiger partial charge >= 0.3 is 0 Å². The number of anilines is 1. The van der Waals surface area contributed by atoms with Crippen LogP contribution in [0.4, 0.5) is 5.13 Å². The maximum Gasteiger partial charge on any atom is 0.293 e. The lowest BCUT2D eigenvalue weighted by molar-refractivity contribution is 0.0951. The first-order chi connectivity index (χ1) is 15.4. The number of nitrogens with zero attached hydrogens (tertiary/aromatic N) is 1. The van der Waals surface area contributed by atoms with Gasteiger partial charge in [0.25, 0.3) is 5.91 Å². The third kappa shape index (κ3) is 4.94. The van der Waals surface area contributed by atoms with Crippen molar-refractivity contribution in [3.8, 4) is 28.3 Å². The molecule has 0 unspecified atom stereocenters. The summed E-state index contributed by atoms with van der Waals surface area (Å²) < 4.78 is 10.8. The van der Waals surface area contributed by atoms with E-state index in [0.717, 1.165) is 17.0 Å². The minimum absolute atomic E-state index is 0.0817. The Hall–Kier alpha value is -2.91. The topological polar surface area (TPSA) is 76.4 Å². The fraction of sp³-hybridized carbons (Fsp3) is 0.0455. The number of hydrogen-bond donors (Lipinski definition) is 2. The molecule has 32 heavy (non-hydrogen) atoms. The smallest absolute Gasteiger partial charge is 0.293 e. The summed E-state index contributed by atoms with van der Waals surface area (Å²) in [5.41, 5.74) is 2.31. The first kappa shape index (κ1) is 22.3. The van der Waals surface area contributed by atoms with Crippen LogP contribution in [0, 0.1) is 0 Å². The van der Waals surface area contributed by atoms with E-state index in [1.54, 1.807) is 31.4 Å². The Morgan fingerprint density at radius 3 is 2.66 bits per heavy atom. The lowest BCUT2D eigenvalue weighted by atomic mass is 10.2. The van der Waals surface area contributed by atoms with Crippen molar-refractivity contribution >= 4 is 62.9 Å². The van der Waals surface area contributed by atoms with Gasteiger partial charge in [0.05, 0.1) is 22.8 Å². The molecule has 4 rings (SSSR count). The minimum Gasteiger partial charge on any atom is -0.497 e. The van der Waals surface area contributed by atoms with Crippen LogP contribution in [0.1, 0.15) is 10.6 Å². The molecule has 0 radical (unpaired) electrons. The molecule has 0 bridgehead atoms. The van der Waals surface area contributed by atoms with Crippen LogP contribution in [-0.2, 0) is 0 Å². The summed E-state index contributed by atoms with van der Waals surface area (Å²) in [4.78, 5) is 17.0. The number of amides is 1. The number of furan rings is 1. The predicted molar refractivity (Wildman–Crippen MR) is 132 cm³/mol. The van der Waals surface area contributed by atoms with E-state index < -0.39 is 5.91 Å². The van der Waals surface area contributed by atoms with E-state index in [-0.39, 0.29) is 10.9 Å². The van der Waals surface area contributed by atoms with Gasteiger partial charge in [0.2, 0.25) is 0 Å². The molecular weight excluding hydrogens is 489 g/mol. The fourth-order valence-electron chi connectivity index (χ4n) is 2.82. The number of benzene rings is 2. The van der Waals surface area contributed by atoms with Crippen LogP contribution in [-0.4, -0.2) is 23.1 Å². The molecule has 0 aliphatic carbocycles. The highest BCUT2D eigenvalue weighted by Crippen LogP contribution is 2.34. The molecule has 0 saturated carbocycles. The van der Waals surface area contributed by atoms with Crippen LogP contribution in [0.3, 0.4) is 0 Å². The van der Waals surface area contributed by atoms with Crippen molar-refractivity contribution in [2.45, 2.75) is 0 Å². The van der Waals surface area contributed by atoms with Crippen molar-refractivity contribution in [1.29, 1.82) is 0 Å². The second-order valence-electron chi connectivity index (χ2n) is 6.44. The molecule has 0 fully saturated rings. The molecule has 1 amide bonds. The largest absolute Gasteiger partial charge is 0.497 e. The zero-order valence-corrected chi connectivity index (χ0v) is 19.7. The van der Waals surface area contributed by atoms with Crippen LogP contribution in [0.2, 0.25) is 10.0 Å². The zero-order valence-electron chi connectivity index (χ0n) is 16.5. The van der Waals surface area contributed by atoms with Gasteiger partial charge in [-0.1, -0.05) is 29.3 Å². The molecule has 4 aromatic rings. The van der Waals surface area contributed by atoms with Gasteiger partial charge in [-0.05, 0) is 60.7 Å². The number of carbonyl (C=O) groups excluding carboxylic acids is 1. The van der Waals surface area contributed by atoms with Crippen molar-refractivity contribution in [3.05, 3.63) is 75.8 Å². The van der Waals surface area contributed by atoms with Gasteiger partial charge in [-0.15, -0.1) is 11.3 Å². The minimum atomic E-state index is -0.501. The van der Waals surface area contributed by atoms with Crippen molar-refractivity contribution < 1.29 is 13.9 Å². The molecule has 0 aliphatic heterocycles. The van der Waals surface area contributed by atoms with Crippen LogP contribution in [0.15, 0.2) is 64.4 Å². The van der Waals surface area contributed by atoms with E-state index in [1.807, 2.05) is 29.6 Å². The monoisotopic (exact) mass is 503 g/mol. The number of carbonyl (C=O) groups is 1. The maximum absolute atomic E-state index is 12.5. The SMILES string of the molecule is COc1ccc(-c2csc(NC(=S)NC(=O)c3ccc(-c4cccc(Cl)c4Cl)o3)n2)cc1. The first-order valence-corrected chi connectivity index (χ1v) is 11.3. The molecule has 0 spiro atoms. The summed E-state index contributed by atoms with van der Waals surface area (Å²) in [6, 6.07) is 15.9. The Morgan fingerprint density at radius 2 is 1.91 bits per heavy atom. The lowest BCUT2D eigenvalue weighted by Gasteiger charge is -2.06. The molecule has 162 valence electrons. The fourth-order valence-corrected chi connectivity index (χ4v) is 4.19. The summed E-state index contributed by atoms with van der Waals surface area (Å²) in [7, 11) is 1.62. The van der Waals surface area contributed by atoms with Crippen molar-refractivity contribution in [2.75, 3.05) is 12.4 Å². The number of nitrogens with one attached hydrogen (secondary N) is 2. The highest BCUT2D eigenvalue weighted by atomic mass is 35.5. The lowest BCUT2D eigenvalue weighted by Crippen LogP contribution is -2.33. The molecule has 6 nitrogen and oxygen atoms in total. The van der Waals surface area contributed by atoms with Crippen LogP contribution < -0.4 is 15.4 Å². The number of ether oxygens (including phenoxy) is 1. The Balaban J connectivity index is 1.39. The Morgan fingerprint density at radius 1 is 1.12 bits per heavy atom. The summed E-state index contributed by atoms with van der Waals surface area (Å²) in [5, 5.41) is 8.78. The van der Waals surface area contributed by atoms with Crippen molar-refractivity contribution in [2.24, 2.45) is 0 Å². The van der Waals surface area contributed by atoms with E-state index in [0.29, 0.717) is 26.5 Å². The Labute approximate surface area is 203 Å². The molecule has 0 atom stereocenters. The highest BCUT2D eigenvalue weighted by molar-refractivity contribution is 7.80. The number of aromatic nitrogens is 1. The highest BCUT2D eigenvalue weighted by Gasteiger charge is 2.16. The molecule has 0 saturated heterocycles. The van der Waals surface area contributed by atoms with Crippen LogP contribution in [0.5, 0.6) is 5.75 Å². The van der Waals surface area contributed by atoms with E-state index in [4.69, 9.17) is 44.6 Å². The molecule has 2 heterocycles. The van der Waals surface area contributed by atoms with E-state index in [9.17, 15) is 4.79 Å². The number of thiazole rings is 1. The summed E-state index contributed by atoms with van der Waals surface area (Å²) >= 11 is 18.9.